The van der Waals surface area contributed by atoms with E-state index >= 15 is 0 Å². The number of halogens is 1. The standard InChI is InChI=1S/C19H19ClN4O3S/c1-28(25,26)16-5-2-10-21-18(16)24-11-3-4-14(12-24)19-22-17(23-27-19)13-6-8-15(20)9-7-13/h2,5-10,14H,3-4,11-12H2,1H3. The van der Waals surface area contributed by atoms with Crippen molar-refractivity contribution >= 4 is 27.3 Å². The lowest BCUT2D eigenvalue weighted by Gasteiger charge is -2.32. The molecule has 1 aliphatic rings. The van der Waals surface area contributed by atoms with Crippen LogP contribution >= 0.6 is 11.6 Å². The zero-order valence-corrected chi connectivity index (χ0v) is 16.8. The molecule has 4 rings (SSSR count). The van der Waals surface area contributed by atoms with Crippen LogP contribution in [0.2, 0.25) is 5.02 Å². The summed E-state index contributed by atoms with van der Waals surface area (Å²) in [7, 11) is -3.37. The highest BCUT2D eigenvalue weighted by molar-refractivity contribution is 7.90. The summed E-state index contributed by atoms with van der Waals surface area (Å²) < 4.78 is 29.7. The molecule has 1 atom stereocenters. The second-order valence-corrected chi connectivity index (χ2v) is 9.27. The second kappa shape index (κ2) is 7.52. The number of aromatic nitrogens is 3. The van der Waals surface area contributed by atoms with Gasteiger partial charge in [-0.15, -0.1) is 0 Å². The molecule has 7 nitrogen and oxygen atoms in total. The first-order valence-corrected chi connectivity index (χ1v) is 11.2. The number of hydrogen-bond acceptors (Lipinski definition) is 7. The Labute approximate surface area is 168 Å². The van der Waals surface area contributed by atoms with Gasteiger partial charge in [0, 0.05) is 36.1 Å². The lowest BCUT2D eigenvalue weighted by atomic mass is 9.98. The maximum atomic E-state index is 12.1. The van der Waals surface area contributed by atoms with Crippen LogP contribution in [0.15, 0.2) is 52.0 Å². The fourth-order valence-corrected chi connectivity index (χ4v) is 4.36. The number of hydrogen-bond donors (Lipinski definition) is 0. The topological polar surface area (TPSA) is 89.2 Å². The predicted molar refractivity (Wildman–Crippen MR) is 106 cm³/mol. The average molecular weight is 419 g/mol. The summed E-state index contributed by atoms with van der Waals surface area (Å²) >= 11 is 5.93. The minimum atomic E-state index is -3.37. The van der Waals surface area contributed by atoms with Gasteiger partial charge in [0.2, 0.25) is 11.7 Å². The molecule has 0 amide bonds. The number of pyridine rings is 1. The van der Waals surface area contributed by atoms with E-state index in [0.717, 1.165) is 24.9 Å². The molecule has 0 bridgehead atoms. The molecule has 9 heteroatoms. The first-order valence-electron chi connectivity index (χ1n) is 8.91. The van der Waals surface area contributed by atoms with Gasteiger partial charge in [-0.3, -0.25) is 0 Å². The van der Waals surface area contributed by atoms with Crippen molar-refractivity contribution in [2.75, 3.05) is 24.2 Å². The normalized spacial score (nSPS) is 17.6. The quantitative estimate of drug-likeness (QED) is 0.639. The maximum absolute atomic E-state index is 12.1. The van der Waals surface area contributed by atoms with E-state index < -0.39 is 9.84 Å². The molecule has 3 aromatic rings. The Morgan fingerprint density at radius 2 is 2.00 bits per heavy atom. The van der Waals surface area contributed by atoms with Crippen molar-refractivity contribution in [3.8, 4) is 11.4 Å². The first-order chi connectivity index (χ1) is 13.4. The average Bonchev–Trinajstić information content (AvgIpc) is 3.18. The Morgan fingerprint density at radius 1 is 1.21 bits per heavy atom. The summed E-state index contributed by atoms with van der Waals surface area (Å²) in [5.41, 5.74) is 0.830. The number of rotatable bonds is 4. The van der Waals surface area contributed by atoms with Crippen LogP contribution in [0, 0.1) is 0 Å². The first kappa shape index (κ1) is 18.9. The summed E-state index contributed by atoms with van der Waals surface area (Å²) in [5.74, 6) is 1.55. The van der Waals surface area contributed by atoms with Crippen molar-refractivity contribution in [1.29, 1.82) is 0 Å². The van der Waals surface area contributed by atoms with Crippen molar-refractivity contribution in [1.82, 2.24) is 15.1 Å². The molecule has 1 unspecified atom stereocenters. The van der Waals surface area contributed by atoms with E-state index in [1.165, 1.54) is 6.26 Å². The SMILES string of the molecule is CS(=O)(=O)c1cccnc1N1CCCC(c2nc(-c3ccc(Cl)cc3)no2)C1. The van der Waals surface area contributed by atoms with Gasteiger partial charge in [-0.1, -0.05) is 16.8 Å². The van der Waals surface area contributed by atoms with Gasteiger partial charge in [-0.2, -0.15) is 4.98 Å². The zero-order chi connectivity index (χ0) is 19.7. The zero-order valence-electron chi connectivity index (χ0n) is 15.2. The van der Waals surface area contributed by atoms with Gasteiger partial charge in [0.1, 0.15) is 10.7 Å². The van der Waals surface area contributed by atoms with Crippen molar-refractivity contribution in [3.63, 3.8) is 0 Å². The molecule has 1 saturated heterocycles. The lowest BCUT2D eigenvalue weighted by Crippen LogP contribution is -2.36. The Kier molecular flexibility index (Phi) is 5.07. The molecule has 2 aromatic heterocycles. The minimum Gasteiger partial charge on any atom is -0.355 e. The molecular weight excluding hydrogens is 400 g/mol. The highest BCUT2D eigenvalue weighted by Gasteiger charge is 2.29. The highest BCUT2D eigenvalue weighted by Crippen LogP contribution is 2.32. The number of sulfone groups is 1. The van der Waals surface area contributed by atoms with Crippen LogP contribution in [-0.4, -0.2) is 42.9 Å². The molecule has 0 spiro atoms. The van der Waals surface area contributed by atoms with Crippen molar-refractivity contribution in [2.24, 2.45) is 0 Å². The van der Waals surface area contributed by atoms with E-state index in [-0.39, 0.29) is 10.8 Å². The van der Waals surface area contributed by atoms with Gasteiger partial charge >= 0.3 is 0 Å². The molecule has 0 N–H and O–H groups in total. The van der Waals surface area contributed by atoms with Crippen molar-refractivity contribution in [3.05, 3.63) is 53.5 Å². The fraction of sp³-hybridized carbons (Fsp3) is 0.316. The van der Waals surface area contributed by atoms with Crippen LogP contribution < -0.4 is 4.90 Å². The van der Waals surface area contributed by atoms with E-state index in [2.05, 4.69) is 15.1 Å². The molecule has 0 aliphatic carbocycles. The van der Waals surface area contributed by atoms with Gasteiger partial charge in [-0.05, 0) is 49.2 Å². The maximum Gasteiger partial charge on any atom is 0.231 e. The third kappa shape index (κ3) is 3.88. The number of anilines is 1. The number of nitrogens with zero attached hydrogens (tertiary/aromatic N) is 4. The van der Waals surface area contributed by atoms with Gasteiger partial charge in [0.25, 0.3) is 0 Å². The molecular formula is C19H19ClN4O3S. The Bertz CT molecular complexity index is 1080. The number of benzene rings is 1. The molecule has 0 saturated carbocycles. The fourth-order valence-electron chi connectivity index (χ4n) is 3.40. The number of piperidine rings is 1. The minimum absolute atomic E-state index is 0.0108. The van der Waals surface area contributed by atoms with Crippen LogP contribution in [0.4, 0.5) is 5.82 Å². The van der Waals surface area contributed by atoms with Crippen LogP contribution in [0.1, 0.15) is 24.7 Å². The molecule has 3 heterocycles. The van der Waals surface area contributed by atoms with Crippen LogP contribution in [0.5, 0.6) is 0 Å². The molecule has 146 valence electrons. The van der Waals surface area contributed by atoms with E-state index in [1.54, 1.807) is 30.5 Å². The van der Waals surface area contributed by atoms with Crippen LogP contribution in [-0.2, 0) is 9.84 Å². The van der Waals surface area contributed by atoms with E-state index in [0.29, 0.717) is 29.1 Å². The summed E-state index contributed by atoms with van der Waals surface area (Å²) in [6.45, 7) is 1.30. The summed E-state index contributed by atoms with van der Waals surface area (Å²) in [4.78, 5) is 11.1. The third-order valence-corrected chi connectivity index (χ3v) is 6.13. The predicted octanol–water partition coefficient (Wildman–Crippen LogP) is 3.57. The van der Waals surface area contributed by atoms with Crippen LogP contribution in [0.25, 0.3) is 11.4 Å². The highest BCUT2D eigenvalue weighted by atomic mass is 35.5. The summed E-state index contributed by atoms with van der Waals surface area (Å²) in [6.07, 6.45) is 4.58. The molecule has 28 heavy (non-hydrogen) atoms. The van der Waals surface area contributed by atoms with Gasteiger partial charge in [0.05, 0.1) is 5.92 Å². The van der Waals surface area contributed by atoms with E-state index in [1.807, 2.05) is 17.0 Å². The lowest BCUT2D eigenvalue weighted by molar-refractivity contribution is 0.333. The molecule has 0 radical (unpaired) electrons. The molecule has 1 aliphatic heterocycles. The Hall–Kier alpha value is -2.45. The van der Waals surface area contributed by atoms with E-state index in [4.69, 9.17) is 16.1 Å². The van der Waals surface area contributed by atoms with Crippen molar-refractivity contribution < 1.29 is 12.9 Å². The summed E-state index contributed by atoms with van der Waals surface area (Å²) in [6, 6.07) is 10.5. The Balaban J connectivity index is 1.58. The second-order valence-electron chi connectivity index (χ2n) is 6.85. The Morgan fingerprint density at radius 3 is 2.75 bits per heavy atom. The summed E-state index contributed by atoms with van der Waals surface area (Å²) in [5, 5.41) is 4.73. The largest absolute Gasteiger partial charge is 0.355 e. The van der Waals surface area contributed by atoms with Gasteiger partial charge < -0.3 is 9.42 Å². The molecule has 1 aromatic carbocycles. The smallest absolute Gasteiger partial charge is 0.231 e. The van der Waals surface area contributed by atoms with E-state index in [9.17, 15) is 8.42 Å². The van der Waals surface area contributed by atoms with Crippen LogP contribution in [0.3, 0.4) is 0 Å². The van der Waals surface area contributed by atoms with Gasteiger partial charge in [-0.25, -0.2) is 13.4 Å². The van der Waals surface area contributed by atoms with Crippen molar-refractivity contribution in [2.45, 2.75) is 23.7 Å². The third-order valence-electron chi connectivity index (χ3n) is 4.76. The monoisotopic (exact) mass is 418 g/mol. The molecule has 1 fully saturated rings. The van der Waals surface area contributed by atoms with Gasteiger partial charge in [0.15, 0.2) is 9.84 Å².